The molecule has 0 bridgehead atoms. The van der Waals surface area contributed by atoms with Crippen molar-refractivity contribution in [1.29, 1.82) is 0 Å². The molecule has 0 aliphatic carbocycles. The SMILES string of the molecule is COc1cccn2c(=O)cc(C3CCCNC3)nc12. The molecule has 3 heterocycles. The van der Waals surface area contributed by atoms with Gasteiger partial charge in [0.2, 0.25) is 0 Å². The number of nitrogens with zero attached hydrogens (tertiary/aromatic N) is 2. The molecule has 3 rings (SSSR count). The van der Waals surface area contributed by atoms with Crippen LogP contribution in [-0.2, 0) is 0 Å². The molecule has 5 heteroatoms. The Hall–Kier alpha value is -1.88. The molecule has 1 saturated heterocycles. The average Bonchev–Trinajstić information content (AvgIpc) is 2.47. The zero-order valence-electron chi connectivity index (χ0n) is 10.9. The number of hydrogen-bond acceptors (Lipinski definition) is 4. The predicted molar refractivity (Wildman–Crippen MR) is 72.9 cm³/mol. The van der Waals surface area contributed by atoms with Gasteiger partial charge in [-0.05, 0) is 31.5 Å². The molecular formula is C14H17N3O2. The largest absolute Gasteiger partial charge is 0.493 e. The molecule has 1 N–H and O–H groups in total. The Morgan fingerprint density at radius 1 is 1.53 bits per heavy atom. The van der Waals surface area contributed by atoms with Crippen LogP contribution >= 0.6 is 0 Å². The van der Waals surface area contributed by atoms with Crippen molar-refractivity contribution < 1.29 is 4.74 Å². The van der Waals surface area contributed by atoms with Crippen LogP contribution in [0.15, 0.2) is 29.2 Å². The standard InChI is InChI=1S/C14H17N3O2/c1-19-12-5-3-7-17-13(18)8-11(16-14(12)17)10-4-2-6-15-9-10/h3,5,7-8,10,15H,2,4,6,9H2,1H3. The minimum absolute atomic E-state index is 0.0514. The Morgan fingerprint density at radius 2 is 2.42 bits per heavy atom. The van der Waals surface area contributed by atoms with Crippen LogP contribution in [-0.4, -0.2) is 29.6 Å². The van der Waals surface area contributed by atoms with Crippen molar-refractivity contribution in [3.8, 4) is 5.75 Å². The number of pyridine rings is 1. The van der Waals surface area contributed by atoms with Crippen molar-refractivity contribution in [2.45, 2.75) is 18.8 Å². The quantitative estimate of drug-likeness (QED) is 0.879. The zero-order valence-corrected chi connectivity index (χ0v) is 10.9. The van der Waals surface area contributed by atoms with E-state index in [-0.39, 0.29) is 5.56 Å². The first-order valence-corrected chi connectivity index (χ1v) is 6.56. The Labute approximate surface area is 111 Å². The second kappa shape index (κ2) is 5.01. The van der Waals surface area contributed by atoms with E-state index in [0.29, 0.717) is 17.3 Å². The van der Waals surface area contributed by atoms with Gasteiger partial charge in [0, 0.05) is 24.7 Å². The van der Waals surface area contributed by atoms with Gasteiger partial charge < -0.3 is 10.1 Å². The van der Waals surface area contributed by atoms with Crippen LogP contribution in [0, 0.1) is 0 Å². The smallest absolute Gasteiger partial charge is 0.258 e. The molecule has 0 amide bonds. The second-order valence-electron chi connectivity index (χ2n) is 4.83. The lowest BCUT2D eigenvalue weighted by Crippen LogP contribution is -2.30. The van der Waals surface area contributed by atoms with E-state index in [0.717, 1.165) is 31.6 Å². The van der Waals surface area contributed by atoms with Crippen molar-refractivity contribution in [3.63, 3.8) is 0 Å². The van der Waals surface area contributed by atoms with Crippen molar-refractivity contribution in [1.82, 2.24) is 14.7 Å². The predicted octanol–water partition coefficient (Wildman–Crippen LogP) is 1.17. The first-order valence-electron chi connectivity index (χ1n) is 6.56. The van der Waals surface area contributed by atoms with Gasteiger partial charge in [-0.25, -0.2) is 4.98 Å². The molecule has 1 aliphatic rings. The monoisotopic (exact) mass is 259 g/mol. The van der Waals surface area contributed by atoms with Crippen molar-refractivity contribution >= 4 is 5.65 Å². The Kier molecular flexibility index (Phi) is 3.21. The maximum Gasteiger partial charge on any atom is 0.258 e. The van der Waals surface area contributed by atoms with Crippen molar-refractivity contribution in [2.75, 3.05) is 20.2 Å². The summed E-state index contributed by atoms with van der Waals surface area (Å²) in [7, 11) is 1.59. The fourth-order valence-electron chi connectivity index (χ4n) is 2.59. The maximum atomic E-state index is 12.2. The van der Waals surface area contributed by atoms with Crippen LogP contribution in [0.4, 0.5) is 0 Å². The van der Waals surface area contributed by atoms with Gasteiger partial charge in [-0.1, -0.05) is 0 Å². The zero-order chi connectivity index (χ0) is 13.2. The number of fused-ring (bicyclic) bond motifs is 1. The summed E-state index contributed by atoms with van der Waals surface area (Å²) in [6, 6.07) is 5.26. The van der Waals surface area contributed by atoms with Gasteiger partial charge in [0.1, 0.15) is 0 Å². The molecule has 0 saturated carbocycles. The molecule has 0 spiro atoms. The molecular weight excluding hydrogens is 242 g/mol. The molecule has 2 aromatic heterocycles. The third-order valence-corrected chi connectivity index (χ3v) is 3.61. The molecule has 1 fully saturated rings. The lowest BCUT2D eigenvalue weighted by molar-refractivity contribution is 0.415. The van der Waals surface area contributed by atoms with E-state index in [4.69, 9.17) is 4.74 Å². The summed E-state index contributed by atoms with van der Waals surface area (Å²) in [5.41, 5.74) is 1.41. The summed E-state index contributed by atoms with van der Waals surface area (Å²) in [6.07, 6.45) is 3.92. The number of ether oxygens (including phenoxy) is 1. The lowest BCUT2D eigenvalue weighted by atomic mass is 9.96. The third kappa shape index (κ3) is 2.21. The van der Waals surface area contributed by atoms with Crippen LogP contribution < -0.4 is 15.6 Å². The van der Waals surface area contributed by atoms with E-state index >= 15 is 0 Å². The summed E-state index contributed by atoms with van der Waals surface area (Å²) in [4.78, 5) is 16.8. The number of piperidine rings is 1. The number of aromatic nitrogens is 2. The number of nitrogens with one attached hydrogen (secondary N) is 1. The van der Waals surface area contributed by atoms with Gasteiger partial charge in [0.05, 0.1) is 12.8 Å². The normalized spacial score (nSPS) is 19.5. The molecule has 0 aromatic carbocycles. The summed E-state index contributed by atoms with van der Waals surface area (Å²) < 4.78 is 6.81. The van der Waals surface area contributed by atoms with Gasteiger partial charge in [-0.15, -0.1) is 0 Å². The van der Waals surface area contributed by atoms with Gasteiger partial charge in [0.25, 0.3) is 5.56 Å². The Morgan fingerprint density at radius 3 is 3.16 bits per heavy atom. The van der Waals surface area contributed by atoms with E-state index in [1.807, 2.05) is 6.07 Å². The first-order chi connectivity index (χ1) is 9.29. The lowest BCUT2D eigenvalue weighted by Gasteiger charge is -2.22. The van der Waals surface area contributed by atoms with Gasteiger partial charge in [-0.2, -0.15) is 0 Å². The topological polar surface area (TPSA) is 55.6 Å². The van der Waals surface area contributed by atoms with Crippen LogP contribution in [0.5, 0.6) is 5.75 Å². The van der Waals surface area contributed by atoms with Crippen LogP contribution in [0.2, 0.25) is 0 Å². The van der Waals surface area contributed by atoms with E-state index in [1.54, 1.807) is 25.4 Å². The highest BCUT2D eigenvalue weighted by atomic mass is 16.5. The summed E-state index contributed by atoms with van der Waals surface area (Å²) >= 11 is 0. The van der Waals surface area contributed by atoms with Gasteiger partial charge >= 0.3 is 0 Å². The van der Waals surface area contributed by atoms with E-state index in [1.165, 1.54) is 4.40 Å². The maximum absolute atomic E-state index is 12.2. The highest BCUT2D eigenvalue weighted by molar-refractivity contribution is 5.53. The van der Waals surface area contributed by atoms with E-state index < -0.39 is 0 Å². The summed E-state index contributed by atoms with van der Waals surface area (Å²) in [6.45, 7) is 1.93. The molecule has 0 radical (unpaired) electrons. The molecule has 100 valence electrons. The van der Waals surface area contributed by atoms with E-state index in [9.17, 15) is 4.79 Å². The number of rotatable bonds is 2. The second-order valence-corrected chi connectivity index (χ2v) is 4.83. The number of methoxy groups -OCH3 is 1. The highest BCUT2D eigenvalue weighted by Crippen LogP contribution is 2.23. The molecule has 1 aliphatic heterocycles. The third-order valence-electron chi connectivity index (χ3n) is 3.61. The van der Waals surface area contributed by atoms with Gasteiger partial charge in [0.15, 0.2) is 11.4 Å². The first kappa shape index (κ1) is 12.2. The molecule has 19 heavy (non-hydrogen) atoms. The van der Waals surface area contributed by atoms with Crippen LogP contribution in [0.25, 0.3) is 5.65 Å². The highest BCUT2D eigenvalue weighted by Gasteiger charge is 2.18. The molecule has 1 unspecified atom stereocenters. The fraction of sp³-hybridized carbons (Fsp3) is 0.429. The summed E-state index contributed by atoms with van der Waals surface area (Å²) in [5.74, 6) is 0.946. The average molecular weight is 259 g/mol. The summed E-state index contributed by atoms with van der Waals surface area (Å²) in [5, 5.41) is 3.35. The van der Waals surface area contributed by atoms with E-state index in [2.05, 4.69) is 10.3 Å². The minimum Gasteiger partial charge on any atom is -0.493 e. The van der Waals surface area contributed by atoms with Crippen LogP contribution in [0.3, 0.4) is 0 Å². The van der Waals surface area contributed by atoms with Crippen LogP contribution in [0.1, 0.15) is 24.5 Å². The Bertz CT molecular complexity index is 645. The Balaban J connectivity index is 2.14. The number of hydrogen-bond donors (Lipinski definition) is 1. The molecule has 1 atom stereocenters. The minimum atomic E-state index is -0.0514. The van der Waals surface area contributed by atoms with Crippen molar-refractivity contribution in [2.24, 2.45) is 0 Å². The molecule has 2 aromatic rings. The molecule has 5 nitrogen and oxygen atoms in total. The fourth-order valence-corrected chi connectivity index (χ4v) is 2.59. The van der Waals surface area contributed by atoms with Crippen molar-refractivity contribution in [3.05, 3.63) is 40.4 Å². The van der Waals surface area contributed by atoms with Gasteiger partial charge in [-0.3, -0.25) is 9.20 Å².